The zero-order valence-electron chi connectivity index (χ0n) is 17.1. The van der Waals surface area contributed by atoms with Gasteiger partial charge in [-0.1, -0.05) is 36.4 Å². The zero-order valence-corrected chi connectivity index (χ0v) is 17.1. The van der Waals surface area contributed by atoms with Gasteiger partial charge in [0.05, 0.1) is 12.1 Å². The molecule has 0 spiro atoms. The average molecular weight is 428 g/mol. The van der Waals surface area contributed by atoms with E-state index < -0.39 is 0 Å². The van der Waals surface area contributed by atoms with Crippen LogP contribution in [0.5, 0.6) is 11.5 Å². The second kappa shape index (κ2) is 8.81. The quantitative estimate of drug-likeness (QED) is 0.459. The molecule has 160 valence electrons. The summed E-state index contributed by atoms with van der Waals surface area (Å²) in [5.74, 6) is 2.09. The van der Waals surface area contributed by atoms with Crippen LogP contribution >= 0.6 is 0 Å². The summed E-state index contributed by atoms with van der Waals surface area (Å²) in [5, 5.41) is 14.3. The third-order valence-electron chi connectivity index (χ3n) is 4.98. The molecule has 5 rings (SSSR count). The van der Waals surface area contributed by atoms with Crippen molar-refractivity contribution >= 4 is 11.6 Å². The van der Waals surface area contributed by atoms with Crippen LogP contribution in [0.2, 0.25) is 0 Å². The first-order valence-electron chi connectivity index (χ1n) is 10.1. The first kappa shape index (κ1) is 19.6. The van der Waals surface area contributed by atoms with Gasteiger partial charge in [0.1, 0.15) is 0 Å². The number of fused-ring (bicyclic) bond motifs is 1. The van der Waals surface area contributed by atoms with Crippen molar-refractivity contribution in [1.29, 1.82) is 0 Å². The Bertz CT molecular complexity index is 1240. The van der Waals surface area contributed by atoms with Gasteiger partial charge in [0.2, 0.25) is 18.6 Å². The normalized spacial score (nSPS) is 11.9. The highest BCUT2D eigenvalue weighted by molar-refractivity contribution is 5.99. The van der Waals surface area contributed by atoms with Crippen molar-refractivity contribution in [2.45, 2.75) is 13.1 Å². The van der Waals surface area contributed by atoms with Gasteiger partial charge >= 0.3 is 0 Å². The largest absolute Gasteiger partial charge is 0.454 e. The molecule has 1 aliphatic rings. The molecule has 0 radical (unpaired) electrons. The molecule has 0 bridgehead atoms. The van der Waals surface area contributed by atoms with Gasteiger partial charge in [-0.15, -0.1) is 10.2 Å². The molecule has 0 saturated heterocycles. The number of benzene rings is 3. The Hall–Kier alpha value is -4.33. The van der Waals surface area contributed by atoms with Gasteiger partial charge in [0.15, 0.2) is 11.5 Å². The fraction of sp³-hybridized carbons (Fsp3) is 0.125. The fourth-order valence-electron chi connectivity index (χ4n) is 3.36. The molecular formula is C24H20N4O4. The lowest BCUT2D eigenvalue weighted by Gasteiger charge is -2.11. The highest BCUT2D eigenvalue weighted by Gasteiger charge is 2.15. The van der Waals surface area contributed by atoms with Crippen molar-refractivity contribution in [3.8, 4) is 23.0 Å². The Morgan fingerprint density at radius 1 is 0.875 bits per heavy atom. The van der Waals surface area contributed by atoms with E-state index in [1.54, 1.807) is 6.07 Å². The number of anilines is 1. The minimum absolute atomic E-state index is 0.193. The van der Waals surface area contributed by atoms with Gasteiger partial charge in [0.25, 0.3) is 5.91 Å². The van der Waals surface area contributed by atoms with Crippen molar-refractivity contribution in [1.82, 2.24) is 15.5 Å². The number of carbonyl (C=O) groups excluding carboxylic acids is 1. The number of amides is 1. The second-order valence-corrected chi connectivity index (χ2v) is 7.14. The van der Waals surface area contributed by atoms with E-state index in [0.717, 1.165) is 11.1 Å². The number of rotatable bonds is 7. The van der Waals surface area contributed by atoms with E-state index in [9.17, 15) is 4.79 Å². The summed E-state index contributed by atoms with van der Waals surface area (Å²) in [6, 6.07) is 22.5. The molecule has 0 saturated carbocycles. The predicted octanol–water partition coefficient (Wildman–Crippen LogP) is 4.01. The molecule has 2 heterocycles. The van der Waals surface area contributed by atoms with E-state index >= 15 is 0 Å². The van der Waals surface area contributed by atoms with E-state index in [2.05, 4.69) is 20.8 Å². The molecule has 0 atom stereocenters. The molecule has 32 heavy (non-hydrogen) atoms. The summed E-state index contributed by atoms with van der Waals surface area (Å²) in [5.41, 5.74) is 2.98. The highest BCUT2D eigenvalue weighted by atomic mass is 16.7. The Kier molecular flexibility index (Phi) is 5.40. The summed E-state index contributed by atoms with van der Waals surface area (Å²) < 4.78 is 16.4. The van der Waals surface area contributed by atoms with Crippen LogP contribution in [-0.4, -0.2) is 22.9 Å². The molecule has 4 aromatic rings. The number of nitrogens with zero attached hydrogens (tertiary/aromatic N) is 2. The van der Waals surface area contributed by atoms with E-state index in [1.807, 2.05) is 66.7 Å². The second-order valence-electron chi connectivity index (χ2n) is 7.14. The molecule has 8 nitrogen and oxygen atoms in total. The Morgan fingerprint density at radius 2 is 1.69 bits per heavy atom. The maximum atomic E-state index is 12.8. The highest BCUT2D eigenvalue weighted by Crippen LogP contribution is 2.32. The van der Waals surface area contributed by atoms with Crippen LogP contribution in [0.4, 0.5) is 5.69 Å². The van der Waals surface area contributed by atoms with Crippen LogP contribution in [0.3, 0.4) is 0 Å². The maximum absolute atomic E-state index is 12.8. The van der Waals surface area contributed by atoms with E-state index in [4.69, 9.17) is 13.9 Å². The van der Waals surface area contributed by atoms with E-state index in [1.165, 1.54) is 0 Å². The number of para-hydroxylation sites is 1. The van der Waals surface area contributed by atoms with Gasteiger partial charge in [-0.2, -0.15) is 0 Å². The topological polar surface area (TPSA) is 98.5 Å². The van der Waals surface area contributed by atoms with Crippen molar-refractivity contribution < 1.29 is 18.7 Å². The first-order valence-corrected chi connectivity index (χ1v) is 10.1. The Labute approximate surface area is 184 Å². The number of hydrogen-bond acceptors (Lipinski definition) is 7. The smallest absolute Gasteiger partial charge is 0.253 e. The van der Waals surface area contributed by atoms with Gasteiger partial charge in [-0.3, -0.25) is 4.79 Å². The zero-order chi connectivity index (χ0) is 21.8. The number of ether oxygens (including phenoxy) is 2. The minimum atomic E-state index is -0.193. The molecule has 3 aromatic carbocycles. The van der Waals surface area contributed by atoms with Crippen LogP contribution in [0.15, 0.2) is 77.2 Å². The molecule has 0 unspecified atom stereocenters. The summed E-state index contributed by atoms with van der Waals surface area (Å²) in [6.45, 7) is 0.886. The lowest BCUT2D eigenvalue weighted by Crippen LogP contribution is -2.24. The van der Waals surface area contributed by atoms with Gasteiger partial charge in [-0.05, 0) is 42.0 Å². The van der Waals surface area contributed by atoms with Gasteiger partial charge in [0, 0.05) is 17.8 Å². The Balaban J connectivity index is 1.23. The minimum Gasteiger partial charge on any atom is -0.454 e. The van der Waals surface area contributed by atoms with Gasteiger partial charge in [-0.25, -0.2) is 0 Å². The van der Waals surface area contributed by atoms with Crippen LogP contribution in [0.1, 0.15) is 21.8 Å². The van der Waals surface area contributed by atoms with Gasteiger partial charge < -0.3 is 24.5 Å². The predicted molar refractivity (Wildman–Crippen MR) is 117 cm³/mol. The monoisotopic (exact) mass is 428 g/mol. The van der Waals surface area contributed by atoms with E-state index in [0.29, 0.717) is 47.6 Å². The van der Waals surface area contributed by atoms with Crippen LogP contribution in [0.25, 0.3) is 11.5 Å². The molecule has 0 aliphatic carbocycles. The number of hydrogen-bond donors (Lipinski definition) is 2. The molecule has 1 aromatic heterocycles. The summed E-state index contributed by atoms with van der Waals surface area (Å²) in [6.07, 6.45) is 0. The number of aromatic nitrogens is 2. The van der Waals surface area contributed by atoms with Crippen molar-refractivity contribution in [3.05, 3.63) is 89.8 Å². The average Bonchev–Trinajstić information content (AvgIpc) is 3.51. The molecule has 8 heteroatoms. The molecular weight excluding hydrogens is 408 g/mol. The number of carbonyl (C=O) groups is 1. The molecule has 0 fully saturated rings. The van der Waals surface area contributed by atoms with Crippen molar-refractivity contribution in [2.75, 3.05) is 12.1 Å². The summed E-state index contributed by atoms with van der Waals surface area (Å²) >= 11 is 0. The maximum Gasteiger partial charge on any atom is 0.253 e. The van der Waals surface area contributed by atoms with Crippen LogP contribution in [0, 0.1) is 0 Å². The van der Waals surface area contributed by atoms with Crippen LogP contribution in [-0.2, 0) is 13.1 Å². The fourth-order valence-corrected chi connectivity index (χ4v) is 3.36. The van der Waals surface area contributed by atoms with Crippen molar-refractivity contribution in [2.24, 2.45) is 0 Å². The summed E-state index contributed by atoms with van der Waals surface area (Å²) in [7, 11) is 0. The Morgan fingerprint density at radius 3 is 2.59 bits per heavy atom. The number of nitrogens with one attached hydrogen (secondary N) is 2. The summed E-state index contributed by atoms with van der Waals surface area (Å²) in [4.78, 5) is 12.8. The van der Waals surface area contributed by atoms with Crippen LogP contribution < -0.4 is 20.1 Å². The lowest BCUT2D eigenvalue weighted by atomic mass is 10.1. The van der Waals surface area contributed by atoms with Crippen molar-refractivity contribution in [3.63, 3.8) is 0 Å². The third-order valence-corrected chi connectivity index (χ3v) is 4.98. The first-order chi connectivity index (χ1) is 15.8. The molecule has 1 amide bonds. The molecule has 2 N–H and O–H groups in total. The molecule has 1 aliphatic heterocycles. The standard InChI is InChI=1S/C24H20N4O4/c29-23(26-13-16-10-11-20-21(12-16)31-15-30-20)18-8-4-5-9-19(18)25-14-22-27-28-24(32-22)17-6-2-1-3-7-17/h1-12,25H,13-15H2,(H,26,29). The third kappa shape index (κ3) is 4.24. The SMILES string of the molecule is O=C(NCc1ccc2c(c1)OCO2)c1ccccc1NCc1nnc(-c2ccccc2)o1. The van der Waals surface area contributed by atoms with E-state index in [-0.39, 0.29) is 12.7 Å². The lowest BCUT2D eigenvalue weighted by molar-refractivity contribution is 0.0951.